The van der Waals surface area contributed by atoms with Crippen LogP contribution in [0, 0.1) is 0 Å². The van der Waals surface area contributed by atoms with Gasteiger partial charge in [0.2, 0.25) is 0 Å². The lowest BCUT2D eigenvalue weighted by Crippen LogP contribution is -2.40. The average Bonchev–Trinajstić information content (AvgIpc) is 2.57. The summed E-state index contributed by atoms with van der Waals surface area (Å²) in [7, 11) is 0.173. The summed E-state index contributed by atoms with van der Waals surface area (Å²) >= 11 is 0. The summed E-state index contributed by atoms with van der Waals surface area (Å²) in [5.41, 5.74) is 0. The molecule has 0 radical (unpaired) electrons. The van der Waals surface area contributed by atoms with Crippen molar-refractivity contribution in [1.29, 1.82) is 0 Å². The molecule has 0 saturated heterocycles. The molecule has 0 saturated carbocycles. The number of methoxy groups -OCH3 is 1. The normalized spacial score (nSPS) is 13.8. The SMILES string of the molecule is C=CCOC(CCCCCCCCCCCO[Si](C)(C)C(C)(C)C)OC. The molecule has 0 spiro atoms. The van der Waals surface area contributed by atoms with E-state index in [9.17, 15) is 0 Å². The van der Waals surface area contributed by atoms with Crippen molar-refractivity contribution >= 4 is 8.32 Å². The Morgan fingerprint density at radius 2 is 1.38 bits per heavy atom. The Labute approximate surface area is 165 Å². The first-order chi connectivity index (χ1) is 12.2. The van der Waals surface area contributed by atoms with E-state index < -0.39 is 8.32 Å². The minimum atomic E-state index is -1.54. The van der Waals surface area contributed by atoms with Gasteiger partial charge in [-0.05, 0) is 37.4 Å². The van der Waals surface area contributed by atoms with Crippen LogP contribution in [0.3, 0.4) is 0 Å². The summed E-state index contributed by atoms with van der Waals surface area (Å²) in [6.45, 7) is 16.8. The lowest BCUT2D eigenvalue weighted by Gasteiger charge is -2.36. The first-order valence-corrected chi connectivity index (χ1v) is 13.5. The molecular formula is C22H46O3Si. The Morgan fingerprint density at radius 3 is 1.85 bits per heavy atom. The summed E-state index contributed by atoms with van der Waals surface area (Å²) < 4.78 is 17.1. The molecule has 1 unspecified atom stereocenters. The van der Waals surface area contributed by atoms with Gasteiger partial charge in [0, 0.05) is 13.7 Å². The van der Waals surface area contributed by atoms with Gasteiger partial charge in [0.25, 0.3) is 0 Å². The van der Waals surface area contributed by atoms with Gasteiger partial charge in [-0.2, -0.15) is 0 Å². The van der Waals surface area contributed by atoms with Gasteiger partial charge in [0.05, 0.1) is 6.61 Å². The standard InChI is InChI=1S/C22H46O3Si/c1-8-19-24-21(23-5)18-16-14-12-10-9-11-13-15-17-20-25-26(6,7)22(2,3)4/h8,21H,1,9-20H2,2-7H3. The zero-order valence-corrected chi connectivity index (χ0v) is 19.6. The molecule has 0 bridgehead atoms. The molecule has 0 aromatic heterocycles. The van der Waals surface area contributed by atoms with E-state index in [4.69, 9.17) is 13.9 Å². The van der Waals surface area contributed by atoms with Crippen LogP contribution in [0.1, 0.15) is 85.0 Å². The Bertz CT molecular complexity index is 337. The van der Waals surface area contributed by atoms with Crippen molar-refractivity contribution in [3.05, 3.63) is 12.7 Å². The first kappa shape index (κ1) is 25.8. The molecule has 0 N–H and O–H groups in total. The molecule has 26 heavy (non-hydrogen) atoms. The van der Waals surface area contributed by atoms with Crippen LogP contribution in [0.2, 0.25) is 18.1 Å². The zero-order chi connectivity index (χ0) is 19.9. The number of unbranched alkanes of at least 4 members (excludes halogenated alkanes) is 8. The lowest BCUT2D eigenvalue weighted by molar-refractivity contribution is -0.119. The molecule has 4 heteroatoms. The average molecular weight is 387 g/mol. The molecule has 3 nitrogen and oxygen atoms in total. The second kappa shape index (κ2) is 14.8. The number of hydrogen-bond donors (Lipinski definition) is 0. The Morgan fingerprint density at radius 1 is 0.885 bits per heavy atom. The maximum atomic E-state index is 6.23. The molecular weight excluding hydrogens is 340 g/mol. The van der Waals surface area contributed by atoms with Gasteiger partial charge < -0.3 is 13.9 Å². The molecule has 0 amide bonds. The molecule has 0 aliphatic heterocycles. The largest absolute Gasteiger partial charge is 0.417 e. The maximum Gasteiger partial charge on any atom is 0.191 e. The first-order valence-electron chi connectivity index (χ1n) is 10.6. The van der Waals surface area contributed by atoms with E-state index in [0.29, 0.717) is 11.6 Å². The van der Waals surface area contributed by atoms with Gasteiger partial charge >= 0.3 is 0 Å². The van der Waals surface area contributed by atoms with Crippen molar-refractivity contribution < 1.29 is 13.9 Å². The minimum Gasteiger partial charge on any atom is -0.417 e. The Kier molecular flexibility index (Phi) is 14.7. The maximum absolute atomic E-state index is 6.23. The fourth-order valence-corrected chi connectivity index (χ4v) is 3.73. The fourth-order valence-electron chi connectivity index (χ4n) is 2.64. The van der Waals surface area contributed by atoms with Gasteiger partial charge in [0.1, 0.15) is 0 Å². The van der Waals surface area contributed by atoms with Crippen LogP contribution in [-0.2, 0) is 13.9 Å². The van der Waals surface area contributed by atoms with Crippen molar-refractivity contribution in [2.75, 3.05) is 20.3 Å². The highest BCUT2D eigenvalue weighted by Crippen LogP contribution is 2.36. The third kappa shape index (κ3) is 13.1. The van der Waals surface area contributed by atoms with Crippen LogP contribution >= 0.6 is 0 Å². The Balaban J connectivity index is 3.40. The summed E-state index contributed by atoms with van der Waals surface area (Å²) in [5, 5.41) is 0.327. The predicted molar refractivity (Wildman–Crippen MR) is 116 cm³/mol. The van der Waals surface area contributed by atoms with E-state index in [2.05, 4.69) is 40.4 Å². The molecule has 0 fully saturated rings. The zero-order valence-electron chi connectivity index (χ0n) is 18.6. The Hall–Kier alpha value is -0.163. The van der Waals surface area contributed by atoms with E-state index in [0.717, 1.165) is 13.0 Å². The van der Waals surface area contributed by atoms with Gasteiger partial charge in [0.15, 0.2) is 14.6 Å². The van der Waals surface area contributed by atoms with Crippen LogP contribution in [0.4, 0.5) is 0 Å². The van der Waals surface area contributed by atoms with Crippen LogP contribution in [0.15, 0.2) is 12.7 Å². The van der Waals surface area contributed by atoms with E-state index in [1.807, 2.05) is 0 Å². The van der Waals surface area contributed by atoms with Gasteiger partial charge in [-0.15, -0.1) is 6.58 Å². The smallest absolute Gasteiger partial charge is 0.191 e. The highest BCUT2D eigenvalue weighted by atomic mass is 28.4. The lowest BCUT2D eigenvalue weighted by atomic mass is 10.1. The molecule has 0 rings (SSSR count). The predicted octanol–water partition coefficient (Wildman–Crippen LogP) is 7.08. The topological polar surface area (TPSA) is 27.7 Å². The summed E-state index contributed by atoms with van der Waals surface area (Å²) in [5.74, 6) is 0. The van der Waals surface area contributed by atoms with Gasteiger partial charge in [-0.3, -0.25) is 0 Å². The van der Waals surface area contributed by atoms with Crippen LogP contribution < -0.4 is 0 Å². The summed E-state index contributed by atoms with van der Waals surface area (Å²) in [6.07, 6.45) is 14.4. The van der Waals surface area contributed by atoms with Crippen LogP contribution in [-0.4, -0.2) is 34.9 Å². The van der Waals surface area contributed by atoms with E-state index in [1.54, 1.807) is 13.2 Å². The third-order valence-electron chi connectivity index (χ3n) is 5.52. The quantitative estimate of drug-likeness (QED) is 0.116. The number of hydrogen-bond acceptors (Lipinski definition) is 3. The van der Waals surface area contributed by atoms with Crippen LogP contribution in [0.5, 0.6) is 0 Å². The van der Waals surface area contributed by atoms with Gasteiger partial charge in [-0.1, -0.05) is 71.8 Å². The summed E-state index contributed by atoms with van der Waals surface area (Å²) in [6, 6.07) is 0. The molecule has 156 valence electrons. The van der Waals surface area contributed by atoms with Crippen LogP contribution in [0.25, 0.3) is 0 Å². The second-order valence-corrected chi connectivity index (χ2v) is 13.7. The van der Waals surface area contributed by atoms with Crippen molar-refractivity contribution in [2.45, 2.75) is 109 Å². The van der Waals surface area contributed by atoms with Crippen molar-refractivity contribution in [3.8, 4) is 0 Å². The van der Waals surface area contributed by atoms with Crippen molar-refractivity contribution in [2.24, 2.45) is 0 Å². The fraction of sp³-hybridized carbons (Fsp3) is 0.909. The van der Waals surface area contributed by atoms with Crippen molar-refractivity contribution in [1.82, 2.24) is 0 Å². The van der Waals surface area contributed by atoms with Crippen molar-refractivity contribution in [3.63, 3.8) is 0 Å². The van der Waals surface area contributed by atoms with E-state index in [-0.39, 0.29) is 6.29 Å². The summed E-state index contributed by atoms with van der Waals surface area (Å²) in [4.78, 5) is 0. The third-order valence-corrected chi connectivity index (χ3v) is 10.1. The van der Waals surface area contributed by atoms with E-state index >= 15 is 0 Å². The molecule has 0 aliphatic rings. The highest BCUT2D eigenvalue weighted by Gasteiger charge is 2.36. The molecule has 0 aliphatic carbocycles. The monoisotopic (exact) mass is 386 g/mol. The molecule has 0 aromatic carbocycles. The highest BCUT2D eigenvalue weighted by molar-refractivity contribution is 6.74. The molecule has 0 heterocycles. The van der Waals surface area contributed by atoms with Gasteiger partial charge in [-0.25, -0.2) is 0 Å². The molecule has 1 atom stereocenters. The number of rotatable bonds is 17. The van der Waals surface area contributed by atoms with E-state index in [1.165, 1.54) is 57.8 Å². The molecule has 0 aromatic rings. The second-order valence-electron chi connectivity index (χ2n) is 8.87. The number of ether oxygens (including phenoxy) is 2. The minimum absolute atomic E-state index is 0.0680.